The first-order valence-corrected chi connectivity index (χ1v) is 12.8. The number of hydrogen-bond acceptors (Lipinski definition) is 1. The van der Waals surface area contributed by atoms with Crippen molar-refractivity contribution >= 4 is 33.2 Å². The number of fused-ring (bicyclic) bond motifs is 7. The van der Waals surface area contributed by atoms with Crippen molar-refractivity contribution in [3.63, 3.8) is 0 Å². The van der Waals surface area contributed by atoms with E-state index in [9.17, 15) is 0 Å². The van der Waals surface area contributed by atoms with Crippen LogP contribution in [-0.2, 0) is 0 Å². The van der Waals surface area contributed by atoms with Crippen LogP contribution in [0, 0.1) is 0 Å². The SMILES string of the molecule is CCCCCCOc1ccc(C=C2c3ccc4ccccc4c3-c3c2ccc2ccccc32)cc1. The lowest BCUT2D eigenvalue weighted by atomic mass is 9.94. The Bertz CT molecular complexity index is 1450. The molecule has 0 aromatic heterocycles. The van der Waals surface area contributed by atoms with Gasteiger partial charge in [-0.15, -0.1) is 0 Å². The Labute approximate surface area is 207 Å². The molecule has 5 aromatic rings. The molecule has 0 spiro atoms. The molecule has 0 radical (unpaired) electrons. The fourth-order valence-electron chi connectivity index (χ4n) is 5.38. The first-order valence-electron chi connectivity index (χ1n) is 12.8. The number of rotatable bonds is 7. The number of ether oxygens (including phenoxy) is 1. The van der Waals surface area contributed by atoms with Gasteiger partial charge in [0.15, 0.2) is 0 Å². The van der Waals surface area contributed by atoms with E-state index in [1.807, 2.05) is 0 Å². The smallest absolute Gasteiger partial charge is 0.119 e. The second-order valence-corrected chi connectivity index (χ2v) is 9.45. The maximum atomic E-state index is 5.97. The van der Waals surface area contributed by atoms with Gasteiger partial charge in [-0.25, -0.2) is 0 Å². The Hall–Kier alpha value is -3.84. The van der Waals surface area contributed by atoms with Gasteiger partial charge in [0.05, 0.1) is 6.61 Å². The van der Waals surface area contributed by atoms with Gasteiger partial charge in [0.1, 0.15) is 5.75 Å². The third-order valence-electron chi connectivity index (χ3n) is 7.15. The molecule has 1 nitrogen and oxygen atoms in total. The van der Waals surface area contributed by atoms with Crippen LogP contribution in [0.4, 0.5) is 0 Å². The summed E-state index contributed by atoms with van der Waals surface area (Å²) in [5.74, 6) is 0.952. The summed E-state index contributed by atoms with van der Waals surface area (Å²) in [5, 5.41) is 5.20. The van der Waals surface area contributed by atoms with E-state index < -0.39 is 0 Å². The van der Waals surface area contributed by atoms with Crippen molar-refractivity contribution in [2.45, 2.75) is 32.6 Å². The van der Waals surface area contributed by atoms with Crippen LogP contribution in [0.15, 0.2) is 97.1 Å². The average molecular weight is 455 g/mol. The molecule has 1 aliphatic rings. The Balaban J connectivity index is 1.43. The van der Waals surface area contributed by atoms with Gasteiger partial charge in [-0.1, -0.05) is 111 Å². The molecule has 6 rings (SSSR count). The summed E-state index contributed by atoms with van der Waals surface area (Å²) in [6, 6.07) is 35.1. The number of hydrogen-bond donors (Lipinski definition) is 0. The topological polar surface area (TPSA) is 9.23 Å². The predicted octanol–water partition coefficient (Wildman–Crippen LogP) is 9.52. The van der Waals surface area contributed by atoms with Crippen LogP contribution >= 0.6 is 0 Å². The third-order valence-corrected chi connectivity index (χ3v) is 7.15. The maximum Gasteiger partial charge on any atom is 0.119 e. The van der Waals surface area contributed by atoms with Gasteiger partial charge in [0.25, 0.3) is 0 Å². The van der Waals surface area contributed by atoms with Crippen LogP contribution in [0.1, 0.15) is 49.3 Å². The van der Waals surface area contributed by atoms with Crippen LogP contribution < -0.4 is 4.74 Å². The second kappa shape index (κ2) is 9.43. The molecule has 1 heteroatoms. The lowest BCUT2D eigenvalue weighted by Gasteiger charge is -2.09. The molecule has 0 saturated carbocycles. The largest absolute Gasteiger partial charge is 0.494 e. The Kier molecular flexibility index (Phi) is 5.84. The minimum absolute atomic E-state index is 0.793. The molecule has 0 N–H and O–H groups in total. The van der Waals surface area contributed by atoms with Crippen LogP contribution in [-0.4, -0.2) is 6.61 Å². The van der Waals surface area contributed by atoms with Gasteiger partial charge in [-0.05, 0) is 79.6 Å². The van der Waals surface area contributed by atoms with Gasteiger partial charge in [0.2, 0.25) is 0 Å². The fraction of sp³-hybridized carbons (Fsp3) is 0.176. The zero-order chi connectivity index (χ0) is 23.6. The van der Waals surface area contributed by atoms with Crippen LogP contribution in [0.2, 0.25) is 0 Å². The van der Waals surface area contributed by atoms with Crippen LogP contribution in [0.3, 0.4) is 0 Å². The van der Waals surface area contributed by atoms with Gasteiger partial charge in [-0.2, -0.15) is 0 Å². The van der Waals surface area contributed by atoms with E-state index in [1.165, 1.54) is 74.2 Å². The summed E-state index contributed by atoms with van der Waals surface area (Å²) in [7, 11) is 0. The summed E-state index contributed by atoms with van der Waals surface area (Å²) in [5.41, 5.74) is 7.82. The average Bonchev–Trinajstić information content (AvgIpc) is 3.23. The summed E-state index contributed by atoms with van der Waals surface area (Å²) in [6.45, 7) is 3.03. The van der Waals surface area contributed by atoms with Gasteiger partial charge < -0.3 is 4.74 Å². The maximum absolute atomic E-state index is 5.97. The van der Waals surface area contributed by atoms with E-state index in [0.717, 1.165) is 18.8 Å². The molecule has 5 aromatic carbocycles. The molecular weight excluding hydrogens is 424 g/mol. The lowest BCUT2D eigenvalue weighted by molar-refractivity contribution is 0.305. The highest BCUT2D eigenvalue weighted by Crippen LogP contribution is 2.50. The van der Waals surface area contributed by atoms with Crippen molar-refractivity contribution in [3.8, 4) is 16.9 Å². The summed E-state index contributed by atoms with van der Waals surface area (Å²) in [4.78, 5) is 0. The molecule has 0 fully saturated rings. The van der Waals surface area contributed by atoms with E-state index in [0.29, 0.717) is 0 Å². The summed E-state index contributed by atoms with van der Waals surface area (Å²) < 4.78 is 5.97. The summed E-state index contributed by atoms with van der Waals surface area (Å²) >= 11 is 0. The second-order valence-electron chi connectivity index (χ2n) is 9.45. The highest BCUT2D eigenvalue weighted by Gasteiger charge is 2.27. The van der Waals surface area contributed by atoms with E-state index in [4.69, 9.17) is 4.74 Å². The lowest BCUT2D eigenvalue weighted by Crippen LogP contribution is -1.96. The van der Waals surface area contributed by atoms with Crippen molar-refractivity contribution in [1.29, 1.82) is 0 Å². The Morgan fingerprint density at radius 2 is 1.20 bits per heavy atom. The molecule has 0 saturated heterocycles. The first-order chi connectivity index (χ1) is 17.3. The third kappa shape index (κ3) is 4.02. The molecule has 0 atom stereocenters. The molecule has 0 bridgehead atoms. The minimum Gasteiger partial charge on any atom is -0.494 e. The van der Waals surface area contributed by atoms with Crippen LogP contribution in [0.25, 0.3) is 44.3 Å². The molecule has 0 aliphatic heterocycles. The first kappa shape index (κ1) is 21.7. The molecule has 35 heavy (non-hydrogen) atoms. The van der Waals surface area contributed by atoms with Crippen LogP contribution in [0.5, 0.6) is 5.75 Å². The molecule has 1 aliphatic carbocycles. The van der Waals surface area contributed by atoms with E-state index in [2.05, 4.69) is 110 Å². The predicted molar refractivity (Wildman–Crippen MR) is 150 cm³/mol. The van der Waals surface area contributed by atoms with Crippen molar-refractivity contribution in [3.05, 3.63) is 114 Å². The minimum atomic E-state index is 0.793. The van der Waals surface area contributed by atoms with Gasteiger partial charge >= 0.3 is 0 Å². The van der Waals surface area contributed by atoms with Crippen molar-refractivity contribution in [2.24, 2.45) is 0 Å². The van der Waals surface area contributed by atoms with Crippen molar-refractivity contribution in [2.75, 3.05) is 6.61 Å². The van der Waals surface area contributed by atoms with Gasteiger partial charge in [0, 0.05) is 0 Å². The van der Waals surface area contributed by atoms with E-state index in [-0.39, 0.29) is 0 Å². The molecule has 0 heterocycles. The summed E-state index contributed by atoms with van der Waals surface area (Å²) in [6.07, 6.45) is 7.22. The Morgan fingerprint density at radius 3 is 1.80 bits per heavy atom. The molecule has 172 valence electrons. The highest BCUT2D eigenvalue weighted by molar-refractivity contribution is 6.20. The zero-order valence-corrected chi connectivity index (χ0v) is 20.3. The highest BCUT2D eigenvalue weighted by atomic mass is 16.5. The van der Waals surface area contributed by atoms with Crippen molar-refractivity contribution < 1.29 is 4.74 Å². The number of benzene rings is 5. The normalized spacial score (nSPS) is 12.1. The van der Waals surface area contributed by atoms with Crippen molar-refractivity contribution in [1.82, 2.24) is 0 Å². The monoisotopic (exact) mass is 454 g/mol. The molecule has 0 unspecified atom stereocenters. The standard InChI is InChI=1S/C34H30O/c1-2-3-4-9-22-35-27-18-14-24(15-19-27)23-32-30-20-16-25-10-5-7-12-28(25)33(30)34-29-13-8-6-11-26(29)17-21-31(32)34/h5-8,10-21,23H,2-4,9,22H2,1H3. The number of unbranched alkanes of at least 4 members (excludes halogenated alkanes) is 3. The molecule has 0 amide bonds. The van der Waals surface area contributed by atoms with E-state index in [1.54, 1.807) is 0 Å². The quantitative estimate of drug-likeness (QED) is 0.218. The zero-order valence-electron chi connectivity index (χ0n) is 20.3. The Morgan fingerprint density at radius 1 is 0.600 bits per heavy atom. The molecular formula is C34H30O. The van der Waals surface area contributed by atoms with E-state index >= 15 is 0 Å². The fourth-order valence-corrected chi connectivity index (χ4v) is 5.38. The van der Waals surface area contributed by atoms with Gasteiger partial charge in [-0.3, -0.25) is 0 Å².